The number of nitrogens with one attached hydrogen (secondary N) is 2. The van der Waals surface area contributed by atoms with Crippen LogP contribution in [0, 0.1) is 12.8 Å². The van der Waals surface area contributed by atoms with E-state index in [1.54, 1.807) is 6.07 Å². The highest BCUT2D eigenvalue weighted by Gasteiger charge is 2.23. The zero-order valence-corrected chi connectivity index (χ0v) is 14.3. The normalized spacial score (nSPS) is 18.0. The molecule has 6 nitrogen and oxygen atoms in total. The number of halogens is 1. The van der Waals surface area contributed by atoms with E-state index >= 15 is 0 Å². The van der Waals surface area contributed by atoms with Crippen LogP contribution >= 0.6 is 11.6 Å². The lowest BCUT2D eigenvalue weighted by Gasteiger charge is -2.15. The highest BCUT2D eigenvalue weighted by atomic mass is 35.5. The Bertz CT molecular complexity index is 731. The molecule has 3 N–H and O–H groups in total. The van der Waals surface area contributed by atoms with Gasteiger partial charge in [0.15, 0.2) is 0 Å². The van der Waals surface area contributed by atoms with Gasteiger partial charge in [-0.25, -0.2) is 0 Å². The molecule has 24 heavy (non-hydrogen) atoms. The van der Waals surface area contributed by atoms with Gasteiger partial charge in [-0.15, -0.1) is 0 Å². The van der Waals surface area contributed by atoms with Gasteiger partial charge in [-0.05, 0) is 50.1 Å². The molecule has 0 saturated carbocycles. The number of carbonyl (C=O) groups excluding carboxylic acids is 1. The predicted molar refractivity (Wildman–Crippen MR) is 92.2 cm³/mol. The maximum Gasteiger partial charge on any atom is 0.251 e. The molecule has 2 heterocycles. The highest BCUT2D eigenvalue weighted by molar-refractivity contribution is 6.32. The van der Waals surface area contributed by atoms with Crippen molar-refractivity contribution in [2.75, 3.05) is 19.6 Å². The van der Waals surface area contributed by atoms with Crippen molar-refractivity contribution in [3.05, 3.63) is 46.2 Å². The summed E-state index contributed by atoms with van der Waals surface area (Å²) >= 11 is 5.84. The SMILES string of the molecule is Cc1cc(CN2CCC(CNC(=O)c3ccc(O)c(Cl)c3)C2)n[nH]1. The van der Waals surface area contributed by atoms with E-state index in [0.29, 0.717) is 18.0 Å². The lowest BCUT2D eigenvalue weighted by Crippen LogP contribution is -2.31. The van der Waals surface area contributed by atoms with Crippen LogP contribution < -0.4 is 5.32 Å². The van der Waals surface area contributed by atoms with Crippen LogP contribution in [-0.4, -0.2) is 45.7 Å². The highest BCUT2D eigenvalue weighted by Crippen LogP contribution is 2.23. The molecule has 1 saturated heterocycles. The summed E-state index contributed by atoms with van der Waals surface area (Å²) in [6.07, 6.45) is 1.06. The van der Waals surface area contributed by atoms with E-state index in [-0.39, 0.29) is 16.7 Å². The molecule has 7 heteroatoms. The number of carbonyl (C=O) groups is 1. The first-order valence-electron chi connectivity index (χ1n) is 8.01. The molecule has 0 aliphatic carbocycles. The number of phenols is 1. The van der Waals surface area contributed by atoms with Gasteiger partial charge in [0.2, 0.25) is 0 Å². The van der Waals surface area contributed by atoms with Crippen LogP contribution in [0.25, 0.3) is 0 Å². The molecule has 1 amide bonds. The number of likely N-dealkylation sites (tertiary alicyclic amines) is 1. The number of aromatic amines is 1. The molecule has 128 valence electrons. The van der Waals surface area contributed by atoms with Gasteiger partial charge in [-0.1, -0.05) is 11.6 Å². The smallest absolute Gasteiger partial charge is 0.251 e. The van der Waals surface area contributed by atoms with Crippen molar-refractivity contribution >= 4 is 17.5 Å². The van der Waals surface area contributed by atoms with Gasteiger partial charge in [0.05, 0.1) is 10.7 Å². The first-order chi connectivity index (χ1) is 11.5. The molecule has 2 aromatic rings. The predicted octanol–water partition coefficient (Wildman–Crippen LogP) is 2.33. The molecule has 1 aliphatic rings. The Hall–Kier alpha value is -2.05. The Balaban J connectivity index is 1.47. The van der Waals surface area contributed by atoms with Crippen LogP contribution in [-0.2, 0) is 6.54 Å². The maximum absolute atomic E-state index is 12.2. The van der Waals surface area contributed by atoms with E-state index in [1.807, 2.05) is 6.92 Å². The first-order valence-corrected chi connectivity index (χ1v) is 8.39. The van der Waals surface area contributed by atoms with Gasteiger partial charge in [0.25, 0.3) is 5.91 Å². The fourth-order valence-corrected chi connectivity index (χ4v) is 3.18. The Morgan fingerprint density at radius 3 is 3.04 bits per heavy atom. The van der Waals surface area contributed by atoms with Crippen molar-refractivity contribution in [3.63, 3.8) is 0 Å². The monoisotopic (exact) mass is 348 g/mol. The van der Waals surface area contributed by atoms with Crippen molar-refractivity contribution in [2.24, 2.45) is 5.92 Å². The molecule has 1 aromatic carbocycles. The standard InChI is InChI=1S/C17H21ClN4O2/c1-11-6-14(21-20-11)10-22-5-4-12(9-22)8-19-17(24)13-2-3-16(23)15(18)7-13/h2-3,6-7,12,23H,4-5,8-10H2,1H3,(H,19,24)(H,20,21). The van der Waals surface area contributed by atoms with Gasteiger partial charge in [-0.3, -0.25) is 14.8 Å². The summed E-state index contributed by atoms with van der Waals surface area (Å²) in [6.45, 7) is 5.42. The molecule has 3 rings (SSSR count). The van der Waals surface area contributed by atoms with Gasteiger partial charge < -0.3 is 10.4 Å². The van der Waals surface area contributed by atoms with Crippen LogP contribution in [0.5, 0.6) is 5.75 Å². The average molecular weight is 349 g/mol. The molecule has 1 aromatic heterocycles. The molecule has 1 fully saturated rings. The van der Waals surface area contributed by atoms with Crippen molar-refractivity contribution < 1.29 is 9.90 Å². The Kier molecular flexibility index (Phi) is 5.06. The number of aryl methyl sites for hydroxylation is 1. The zero-order chi connectivity index (χ0) is 17.1. The van der Waals surface area contributed by atoms with Gasteiger partial charge in [-0.2, -0.15) is 5.10 Å². The summed E-state index contributed by atoms with van der Waals surface area (Å²) in [5.41, 5.74) is 2.58. The summed E-state index contributed by atoms with van der Waals surface area (Å²) in [4.78, 5) is 14.5. The minimum absolute atomic E-state index is 0.0201. The largest absolute Gasteiger partial charge is 0.506 e. The van der Waals surface area contributed by atoms with Gasteiger partial charge in [0, 0.05) is 30.9 Å². The second kappa shape index (κ2) is 7.23. The van der Waals surface area contributed by atoms with Crippen molar-refractivity contribution in [1.82, 2.24) is 20.4 Å². The van der Waals surface area contributed by atoms with Crippen molar-refractivity contribution in [2.45, 2.75) is 19.9 Å². The molecular weight excluding hydrogens is 328 g/mol. The van der Waals surface area contributed by atoms with E-state index in [1.165, 1.54) is 12.1 Å². The number of rotatable bonds is 5. The molecule has 0 radical (unpaired) electrons. The van der Waals surface area contributed by atoms with Gasteiger partial charge >= 0.3 is 0 Å². The quantitative estimate of drug-likeness (QED) is 0.774. The van der Waals surface area contributed by atoms with E-state index < -0.39 is 0 Å². The zero-order valence-electron chi connectivity index (χ0n) is 13.6. The number of benzene rings is 1. The number of aromatic hydroxyl groups is 1. The van der Waals surface area contributed by atoms with Crippen LogP contribution in [0.3, 0.4) is 0 Å². The topological polar surface area (TPSA) is 81.2 Å². The summed E-state index contributed by atoms with van der Waals surface area (Å²) in [5.74, 6) is 0.244. The van der Waals surface area contributed by atoms with E-state index in [2.05, 4.69) is 26.5 Å². The summed E-state index contributed by atoms with van der Waals surface area (Å²) < 4.78 is 0. The molecular formula is C17H21ClN4O2. The third-order valence-corrected chi connectivity index (χ3v) is 4.58. The molecule has 1 aliphatic heterocycles. The van der Waals surface area contributed by atoms with Crippen molar-refractivity contribution in [3.8, 4) is 5.75 Å². The van der Waals surface area contributed by atoms with E-state index in [4.69, 9.17) is 11.6 Å². The lowest BCUT2D eigenvalue weighted by atomic mass is 10.1. The lowest BCUT2D eigenvalue weighted by molar-refractivity contribution is 0.0947. The third kappa shape index (κ3) is 4.07. The number of phenolic OH excluding ortho intramolecular Hbond substituents is 1. The Labute approximate surface area is 145 Å². The first kappa shape index (κ1) is 16.8. The summed E-state index contributed by atoms with van der Waals surface area (Å²) in [7, 11) is 0. The molecule has 0 spiro atoms. The summed E-state index contributed by atoms with van der Waals surface area (Å²) in [6, 6.07) is 6.54. The van der Waals surface area contributed by atoms with Crippen molar-refractivity contribution in [1.29, 1.82) is 0 Å². The molecule has 1 atom stereocenters. The number of H-pyrrole nitrogens is 1. The van der Waals surface area contributed by atoms with Crippen LogP contribution in [0.2, 0.25) is 5.02 Å². The minimum Gasteiger partial charge on any atom is -0.506 e. The third-order valence-electron chi connectivity index (χ3n) is 4.28. The molecule has 0 bridgehead atoms. The Morgan fingerprint density at radius 1 is 1.50 bits per heavy atom. The minimum atomic E-state index is -0.168. The average Bonchev–Trinajstić information content (AvgIpc) is 3.17. The second-order valence-electron chi connectivity index (χ2n) is 6.31. The fraction of sp³-hybridized carbons (Fsp3) is 0.412. The molecule has 1 unspecified atom stereocenters. The van der Waals surface area contributed by atoms with E-state index in [9.17, 15) is 9.90 Å². The summed E-state index contributed by atoms with van der Waals surface area (Å²) in [5, 5.41) is 19.8. The number of hydrogen-bond donors (Lipinski definition) is 3. The van der Waals surface area contributed by atoms with Crippen LogP contribution in [0.15, 0.2) is 24.3 Å². The fourth-order valence-electron chi connectivity index (χ4n) is 2.99. The van der Waals surface area contributed by atoms with E-state index in [0.717, 1.165) is 37.4 Å². The number of aromatic nitrogens is 2. The van der Waals surface area contributed by atoms with Crippen LogP contribution in [0.4, 0.5) is 0 Å². The number of amides is 1. The van der Waals surface area contributed by atoms with Crippen LogP contribution in [0.1, 0.15) is 28.2 Å². The Morgan fingerprint density at radius 2 is 2.33 bits per heavy atom. The van der Waals surface area contributed by atoms with Gasteiger partial charge in [0.1, 0.15) is 5.75 Å². The number of nitrogens with zero attached hydrogens (tertiary/aromatic N) is 2. The number of hydrogen-bond acceptors (Lipinski definition) is 4. The maximum atomic E-state index is 12.2. The second-order valence-corrected chi connectivity index (χ2v) is 6.72.